The Bertz CT molecular complexity index is 940. The fourth-order valence-electron chi connectivity index (χ4n) is 2.53. The molecule has 1 atom stereocenters. The molecule has 0 radical (unpaired) electrons. The molecule has 3 rings (SSSR count). The molecule has 4 nitrogen and oxygen atoms in total. The van der Waals surface area contributed by atoms with Gasteiger partial charge in [-0.3, -0.25) is 0 Å². The minimum Gasteiger partial charge on any atom is -0.383 e. The van der Waals surface area contributed by atoms with Crippen molar-refractivity contribution in [3.63, 3.8) is 0 Å². The summed E-state index contributed by atoms with van der Waals surface area (Å²) >= 11 is 23.4. The van der Waals surface area contributed by atoms with Crippen LogP contribution in [0, 0.1) is 11.3 Å². The van der Waals surface area contributed by atoms with E-state index in [0.717, 1.165) is 4.68 Å². The Morgan fingerprint density at radius 1 is 1.23 bits per heavy atom. The number of hydrogen-bond donors (Lipinski definition) is 1. The Balaban J connectivity index is 2.22. The van der Waals surface area contributed by atoms with Crippen molar-refractivity contribution in [2.75, 3.05) is 5.73 Å². The molecular weight excluding hydrogens is 442 g/mol. The van der Waals surface area contributed by atoms with Crippen molar-refractivity contribution in [1.29, 1.82) is 5.26 Å². The summed E-state index contributed by atoms with van der Waals surface area (Å²) in [5.74, 6) is -0.393. The molecule has 0 saturated heterocycles. The van der Waals surface area contributed by atoms with Gasteiger partial charge in [-0.2, -0.15) is 23.5 Å². The molecular formula is C14H6Cl4F4N4. The lowest BCUT2D eigenvalue weighted by Gasteiger charge is -2.14. The molecule has 0 spiro atoms. The average molecular weight is 448 g/mol. The number of rotatable bonds is 2. The third-order valence-corrected chi connectivity index (χ3v) is 5.34. The molecule has 26 heavy (non-hydrogen) atoms. The van der Waals surface area contributed by atoms with Gasteiger partial charge in [0.05, 0.1) is 21.2 Å². The average Bonchev–Trinajstić information content (AvgIpc) is 2.84. The molecule has 1 aromatic heterocycles. The van der Waals surface area contributed by atoms with Gasteiger partial charge in [0.25, 0.3) is 0 Å². The third kappa shape index (κ3) is 2.78. The molecule has 1 aromatic carbocycles. The number of nitrogens with zero attached hydrogens (tertiary/aromatic N) is 3. The SMILES string of the molecule is N#Cc1nn(-c2c(Cl)cc(C(F)(F)F)cc2Cl)c(N)c1C1(F)CC1(Cl)Cl. The Kier molecular flexibility index (Phi) is 4.32. The van der Waals surface area contributed by atoms with Crippen LogP contribution in [0.3, 0.4) is 0 Å². The Morgan fingerprint density at radius 2 is 1.73 bits per heavy atom. The Morgan fingerprint density at radius 3 is 2.12 bits per heavy atom. The molecule has 12 heteroatoms. The zero-order valence-corrected chi connectivity index (χ0v) is 15.3. The highest BCUT2D eigenvalue weighted by atomic mass is 35.5. The molecule has 2 aromatic rings. The van der Waals surface area contributed by atoms with E-state index in [4.69, 9.17) is 52.1 Å². The number of halogens is 8. The fraction of sp³-hybridized carbons (Fsp3) is 0.286. The second-order valence-corrected chi connectivity index (χ2v) is 7.90. The summed E-state index contributed by atoms with van der Waals surface area (Å²) < 4.78 is 52.4. The number of alkyl halides is 6. The molecule has 138 valence electrons. The number of aromatic nitrogens is 2. The predicted molar refractivity (Wildman–Crippen MR) is 89.6 cm³/mol. The number of benzene rings is 1. The van der Waals surface area contributed by atoms with E-state index in [2.05, 4.69) is 5.10 Å². The Labute approximate surface area is 164 Å². The van der Waals surface area contributed by atoms with Crippen molar-refractivity contribution >= 4 is 52.2 Å². The molecule has 0 bridgehead atoms. The lowest BCUT2D eigenvalue weighted by molar-refractivity contribution is -0.137. The van der Waals surface area contributed by atoms with Gasteiger partial charge in [0.1, 0.15) is 17.6 Å². The lowest BCUT2D eigenvalue weighted by atomic mass is 10.1. The summed E-state index contributed by atoms with van der Waals surface area (Å²) in [6, 6.07) is 2.88. The summed E-state index contributed by atoms with van der Waals surface area (Å²) in [4.78, 5) is 0. The number of nitrogens with two attached hydrogens (primary N) is 1. The van der Waals surface area contributed by atoms with Gasteiger partial charge in [-0.05, 0) is 12.1 Å². The van der Waals surface area contributed by atoms with Crippen LogP contribution in [0.25, 0.3) is 5.69 Å². The van der Waals surface area contributed by atoms with E-state index >= 15 is 0 Å². The van der Waals surface area contributed by atoms with Crippen molar-refractivity contribution in [3.05, 3.63) is 39.0 Å². The first kappa shape index (κ1) is 19.4. The van der Waals surface area contributed by atoms with E-state index in [1.165, 1.54) is 0 Å². The fourth-order valence-corrected chi connectivity index (χ4v) is 3.74. The molecule has 2 N–H and O–H groups in total. The number of nitriles is 1. The molecule has 1 aliphatic carbocycles. The minimum atomic E-state index is -4.68. The normalized spacial score (nSPS) is 21.5. The number of anilines is 1. The Hall–Kier alpha value is -1.40. The van der Waals surface area contributed by atoms with Crippen LogP contribution in [-0.4, -0.2) is 14.1 Å². The van der Waals surface area contributed by atoms with Crippen molar-refractivity contribution < 1.29 is 17.6 Å². The molecule has 0 aliphatic heterocycles. The second kappa shape index (κ2) is 5.80. The third-order valence-electron chi connectivity index (χ3n) is 3.90. The largest absolute Gasteiger partial charge is 0.416 e. The molecule has 1 heterocycles. The molecule has 1 unspecified atom stereocenters. The van der Waals surface area contributed by atoms with Crippen LogP contribution in [0.5, 0.6) is 0 Å². The quantitative estimate of drug-likeness (QED) is 0.495. The molecule has 0 amide bonds. The summed E-state index contributed by atoms with van der Waals surface area (Å²) in [7, 11) is 0. The van der Waals surface area contributed by atoms with Gasteiger partial charge in [0, 0.05) is 6.42 Å². The maximum Gasteiger partial charge on any atom is 0.416 e. The summed E-state index contributed by atoms with van der Waals surface area (Å²) in [5, 5.41) is 12.1. The van der Waals surface area contributed by atoms with Crippen molar-refractivity contribution in [2.45, 2.75) is 22.6 Å². The highest BCUT2D eigenvalue weighted by Crippen LogP contribution is 2.67. The zero-order valence-electron chi connectivity index (χ0n) is 12.3. The predicted octanol–water partition coefficient (Wildman–Crippen LogP) is 5.39. The van der Waals surface area contributed by atoms with Crippen LogP contribution >= 0.6 is 46.4 Å². The monoisotopic (exact) mass is 446 g/mol. The first-order chi connectivity index (χ1) is 11.8. The molecule has 1 aliphatic rings. The summed E-state index contributed by atoms with van der Waals surface area (Å²) in [5.41, 5.74) is 1.43. The van der Waals surface area contributed by atoms with Gasteiger partial charge in [-0.15, -0.1) is 0 Å². The van der Waals surface area contributed by atoms with E-state index in [0.29, 0.717) is 12.1 Å². The maximum atomic E-state index is 14.9. The van der Waals surface area contributed by atoms with E-state index in [1.54, 1.807) is 6.07 Å². The van der Waals surface area contributed by atoms with E-state index in [9.17, 15) is 22.8 Å². The smallest absolute Gasteiger partial charge is 0.383 e. The first-order valence-electron chi connectivity index (χ1n) is 6.76. The zero-order chi connectivity index (χ0) is 19.7. The first-order valence-corrected chi connectivity index (χ1v) is 8.27. The summed E-state index contributed by atoms with van der Waals surface area (Å²) in [6.07, 6.45) is -5.01. The van der Waals surface area contributed by atoms with Gasteiger partial charge in [0.2, 0.25) is 0 Å². The van der Waals surface area contributed by atoms with Crippen molar-refractivity contribution in [3.8, 4) is 11.8 Å². The van der Waals surface area contributed by atoms with Gasteiger partial charge >= 0.3 is 6.18 Å². The molecule has 1 fully saturated rings. The van der Waals surface area contributed by atoms with Crippen LogP contribution < -0.4 is 5.73 Å². The number of nitrogen functional groups attached to an aromatic ring is 1. The van der Waals surface area contributed by atoms with Gasteiger partial charge < -0.3 is 5.73 Å². The van der Waals surface area contributed by atoms with Crippen LogP contribution in [0.15, 0.2) is 12.1 Å². The maximum absolute atomic E-state index is 14.9. The second-order valence-electron chi connectivity index (χ2n) is 5.60. The van der Waals surface area contributed by atoms with Crippen LogP contribution in [0.1, 0.15) is 23.2 Å². The van der Waals surface area contributed by atoms with E-state index in [-0.39, 0.29) is 17.7 Å². The van der Waals surface area contributed by atoms with Crippen LogP contribution in [0.4, 0.5) is 23.4 Å². The van der Waals surface area contributed by atoms with Crippen LogP contribution in [-0.2, 0) is 11.8 Å². The van der Waals surface area contributed by atoms with Gasteiger partial charge in [0.15, 0.2) is 15.7 Å². The number of hydrogen-bond acceptors (Lipinski definition) is 3. The van der Waals surface area contributed by atoms with Gasteiger partial charge in [-0.1, -0.05) is 46.4 Å². The van der Waals surface area contributed by atoms with Crippen molar-refractivity contribution in [2.24, 2.45) is 0 Å². The topological polar surface area (TPSA) is 67.6 Å². The van der Waals surface area contributed by atoms with E-state index in [1.807, 2.05) is 0 Å². The van der Waals surface area contributed by atoms with Crippen molar-refractivity contribution in [1.82, 2.24) is 9.78 Å². The lowest BCUT2D eigenvalue weighted by Crippen LogP contribution is -2.13. The van der Waals surface area contributed by atoms with Gasteiger partial charge in [-0.25, -0.2) is 9.07 Å². The minimum absolute atomic E-state index is 0.236. The highest BCUT2D eigenvalue weighted by Gasteiger charge is 2.71. The standard InChI is InChI=1S/C14H6Cl4F4N4/c15-6-1-5(14(20,21)22)2-7(16)10(6)26-11(24)9(8(3-23)25-26)12(19)4-13(12,17)18/h1-2H,4,24H2. The molecule has 1 saturated carbocycles. The highest BCUT2D eigenvalue weighted by molar-refractivity contribution is 6.52. The van der Waals surface area contributed by atoms with Crippen LogP contribution in [0.2, 0.25) is 10.0 Å². The summed E-state index contributed by atoms with van der Waals surface area (Å²) in [6.45, 7) is 0. The van der Waals surface area contributed by atoms with E-state index < -0.39 is 43.3 Å².